The summed E-state index contributed by atoms with van der Waals surface area (Å²) in [4.78, 5) is 0. The van der Waals surface area contributed by atoms with Crippen molar-refractivity contribution in [2.45, 2.75) is 43.4 Å². The van der Waals surface area contributed by atoms with Crippen molar-refractivity contribution < 1.29 is 0 Å². The lowest BCUT2D eigenvalue weighted by atomic mass is 9.53. The Morgan fingerprint density at radius 2 is 1.16 bits per heavy atom. The van der Waals surface area contributed by atoms with Crippen molar-refractivity contribution in [1.29, 1.82) is 0 Å². The molecule has 14 rings (SSSR count). The fraction of sp³-hybridized carbons (Fsp3) is 0.115. The number of rotatable bonds is 4. The predicted molar refractivity (Wildman–Crippen MR) is 267 cm³/mol. The average Bonchev–Trinajstić information content (AvgIpc) is 3.94. The molecule has 0 N–H and O–H groups in total. The summed E-state index contributed by atoms with van der Waals surface area (Å²) in [6.07, 6.45) is 1.14. The molecular formula is C61H43NS. The second-order valence-electron chi connectivity index (χ2n) is 18.7. The average molecular weight is 822 g/mol. The minimum absolute atomic E-state index is 0.0490. The topological polar surface area (TPSA) is 4.93 Å². The van der Waals surface area contributed by atoms with Crippen molar-refractivity contribution >= 4 is 53.3 Å². The lowest BCUT2D eigenvalue weighted by Crippen LogP contribution is -2.34. The summed E-state index contributed by atoms with van der Waals surface area (Å²) in [7, 11) is 0. The Morgan fingerprint density at radius 3 is 2.06 bits per heavy atom. The molecule has 9 aromatic carbocycles. The fourth-order valence-electron chi connectivity index (χ4n) is 12.3. The number of hydrogen-bond donors (Lipinski definition) is 0. The molecule has 2 heterocycles. The van der Waals surface area contributed by atoms with E-state index in [2.05, 4.69) is 213 Å². The molecule has 0 spiro atoms. The van der Waals surface area contributed by atoms with Crippen LogP contribution in [0.25, 0.3) is 92.2 Å². The van der Waals surface area contributed by atoms with Crippen LogP contribution in [0.5, 0.6) is 0 Å². The molecule has 63 heavy (non-hydrogen) atoms. The Bertz CT molecular complexity index is 3710. The molecule has 2 heteroatoms. The van der Waals surface area contributed by atoms with Crippen LogP contribution in [0.3, 0.4) is 0 Å². The van der Waals surface area contributed by atoms with Crippen LogP contribution < -0.4 is 0 Å². The molecule has 2 aromatic heterocycles. The highest BCUT2D eigenvalue weighted by Gasteiger charge is 2.48. The first-order valence-corrected chi connectivity index (χ1v) is 23.3. The van der Waals surface area contributed by atoms with Gasteiger partial charge in [0, 0.05) is 42.0 Å². The summed E-state index contributed by atoms with van der Waals surface area (Å²) in [5.74, 6) is 1.33. The molecule has 0 bridgehead atoms. The highest BCUT2D eigenvalue weighted by Crippen LogP contribution is 2.65. The monoisotopic (exact) mass is 821 g/mol. The minimum Gasteiger partial charge on any atom is -0.309 e. The van der Waals surface area contributed by atoms with Gasteiger partial charge in [-0.2, -0.15) is 0 Å². The van der Waals surface area contributed by atoms with Crippen molar-refractivity contribution in [3.8, 4) is 50.2 Å². The first-order chi connectivity index (χ1) is 31.0. The molecule has 0 aliphatic heterocycles. The zero-order valence-electron chi connectivity index (χ0n) is 35.3. The number of benzene rings is 9. The Kier molecular flexibility index (Phi) is 7.35. The van der Waals surface area contributed by atoms with Gasteiger partial charge in [0.2, 0.25) is 0 Å². The Labute approximate surface area is 371 Å². The molecule has 1 fully saturated rings. The van der Waals surface area contributed by atoms with Gasteiger partial charge >= 0.3 is 0 Å². The van der Waals surface area contributed by atoms with Gasteiger partial charge in [-0.25, -0.2) is 0 Å². The number of nitrogens with zero attached hydrogens (tertiary/aromatic N) is 1. The van der Waals surface area contributed by atoms with Crippen LogP contribution in [0, 0.1) is 0 Å². The highest BCUT2D eigenvalue weighted by molar-refractivity contribution is 7.26. The van der Waals surface area contributed by atoms with Crippen LogP contribution >= 0.6 is 11.3 Å². The van der Waals surface area contributed by atoms with Crippen molar-refractivity contribution in [3.05, 3.63) is 222 Å². The molecule has 3 atom stereocenters. The van der Waals surface area contributed by atoms with E-state index in [-0.39, 0.29) is 5.41 Å². The first kappa shape index (κ1) is 35.6. The van der Waals surface area contributed by atoms with Crippen LogP contribution in [0.1, 0.15) is 65.8 Å². The number of para-hydroxylation sites is 2. The predicted octanol–water partition coefficient (Wildman–Crippen LogP) is 16.8. The second-order valence-corrected chi connectivity index (χ2v) is 19.8. The van der Waals surface area contributed by atoms with Crippen LogP contribution in [0.2, 0.25) is 0 Å². The van der Waals surface area contributed by atoms with Gasteiger partial charge in [-0.1, -0.05) is 153 Å². The third kappa shape index (κ3) is 4.93. The molecule has 0 radical (unpaired) electrons. The summed E-state index contributed by atoms with van der Waals surface area (Å²) in [5, 5.41) is 5.36. The van der Waals surface area contributed by atoms with E-state index in [9.17, 15) is 0 Å². The maximum Gasteiger partial charge on any atom is 0.0547 e. The zero-order valence-corrected chi connectivity index (χ0v) is 36.1. The van der Waals surface area contributed by atoms with E-state index in [1.54, 1.807) is 0 Å². The Balaban J connectivity index is 0.897. The van der Waals surface area contributed by atoms with E-state index < -0.39 is 0 Å². The van der Waals surface area contributed by atoms with Gasteiger partial charge in [-0.3, -0.25) is 0 Å². The van der Waals surface area contributed by atoms with Crippen molar-refractivity contribution in [3.63, 3.8) is 0 Å². The van der Waals surface area contributed by atoms with Crippen molar-refractivity contribution in [2.24, 2.45) is 0 Å². The summed E-state index contributed by atoms with van der Waals surface area (Å²) in [6, 6.07) is 73.7. The van der Waals surface area contributed by atoms with Crippen LogP contribution in [-0.4, -0.2) is 4.57 Å². The van der Waals surface area contributed by atoms with Gasteiger partial charge < -0.3 is 4.57 Å². The van der Waals surface area contributed by atoms with Gasteiger partial charge in [-0.15, -0.1) is 11.3 Å². The van der Waals surface area contributed by atoms with Gasteiger partial charge in [0.15, 0.2) is 0 Å². The molecule has 2 unspecified atom stereocenters. The summed E-state index contributed by atoms with van der Waals surface area (Å²) in [5.41, 5.74) is 21.7. The molecule has 298 valence electrons. The van der Waals surface area contributed by atoms with Crippen molar-refractivity contribution in [1.82, 2.24) is 4.57 Å². The van der Waals surface area contributed by atoms with Gasteiger partial charge in [-0.05, 0) is 151 Å². The molecule has 0 amide bonds. The number of thiophene rings is 1. The van der Waals surface area contributed by atoms with Gasteiger partial charge in [0.1, 0.15) is 0 Å². The van der Waals surface area contributed by atoms with Crippen LogP contribution in [0.15, 0.2) is 194 Å². The maximum absolute atomic E-state index is 2.59. The standard InChI is InChI=1S/C61H43NS/c1-61(2)53-23-11-8-18-43(53)44-30-28-37(34-54(44)61)49-32-38(33-52-45-19-10-13-26-57(45)63-60(49)52)48-35-51-42-29-27-36(31-50(42)41-17-6-7-20-46(41)58(48)51)40-22-14-25-56-59(40)47-21-9-12-24-55(47)62(56)39-15-4-3-5-16-39/h3-34,48,51,58H,35H2,1-2H3/t48-,51?,58?/m1/s1. The highest BCUT2D eigenvalue weighted by atomic mass is 32.1. The molecule has 3 aliphatic carbocycles. The number of fused-ring (bicyclic) bond motifs is 15. The lowest BCUT2D eigenvalue weighted by molar-refractivity contribution is 0.283. The Hall–Kier alpha value is -7.00. The largest absolute Gasteiger partial charge is 0.309 e. The smallest absolute Gasteiger partial charge is 0.0547 e. The first-order valence-electron chi connectivity index (χ1n) is 22.5. The van der Waals surface area contributed by atoms with Crippen LogP contribution in [0.4, 0.5) is 0 Å². The van der Waals surface area contributed by atoms with E-state index in [0.29, 0.717) is 17.8 Å². The molecule has 3 aliphatic rings. The number of hydrogen-bond acceptors (Lipinski definition) is 1. The van der Waals surface area contributed by atoms with E-state index in [0.717, 1.165) is 6.42 Å². The van der Waals surface area contributed by atoms with Gasteiger partial charge in [0.25, 0.3) is 0 Å². The zero-order chi connectivity index (χ0) is 41.6. The van der Waals surface area contributed by atoms with E-state index in [4.69, 9.17) is 0 Å². The fourth-order valence-corrected chi connectivity index (χ4v) is 13.5. The quantitative estimate of drug-likeness (QED) is 0.167. The van der Waals surface area contributed by atoms with E-state index >= 15 is 0 Å². The second kappa shape index (κ2) is 13.0. The number of aromatic nitrogens is 1. The minimum atomic E-state index is -0.0490. The molecule has 0 saturated heterocycles. The maximum atomic E-state index is 2.59. The lowest BCUT2D eigenvalue weighted by Gasteiger charge is -2.50. The summed E-state index contributed by atoms with van der Waals surface area (Å²) >= 11 is 1.95. The van der Waals surface area contributed by atoms with E-state index in [1.807, 2.05) is 11.3 Å². The van der Waals surface area contributed by atoms with Crippen molar-refractivity contribution in [2.75, 3.05) is 0 Å². The summed E-state index contributed by atoms with van der Waals surface area (Å²) in [6.45, 7) is 4.79. The normalized spacial score (nSPS) is 17.9. The van der Waals surface area contributed by atoms with E-state index in [1.165, 1.54) is 120 Å². The Morgan fingerprint density at radius 1 is 0.460 bits per heavy atom. The van der Waals surface area contributed by atoms with Gasteiger partial charge in [0.05, 0.1) is 11.0 Å². The molecule has 1 saturated carbocycles. The molecule has 11 aromatic rings. The third-order valence-electron chi connectivity index (χ3n) is 15.3. The summed E-state index contributed by atoms with van der Waals surface area (Å²) < 4.78 is 5.18. The SMILES string of the molecule is CC1(C)c2ccccc2-c2ccc(-c3cc([C@H]4CC5c6ccc(-c7cccc8c7c7ccccc7n8-c7ccccc7)cc6-c6ccccc6C54)cc4c3sc3ccccc34)cc21. The third-order valence-corrected chi connectivity index (χ3v) is 16.5. The van der Waals surface area contributed by atoms with Crippen LogP contribution in [-0.2, 0) is 5.41 Å². The molecular weight excluding hydrogens is 779 g/mol. The molecule has 1 nitrogen and oxygen atoms in total.